The number of rotatable bonds is 5. The number of fused-ring (bicyclic) bond motifs is 1. The summed E-state index contributed by atoms with van der Waals surface area (Å²) in [5, 5.41) is 33.6. The highest BCUT2D eigenvalue weighted by Gasteiger charge is 2.37. The van der Waals surface area contributed by atoms with E-state index >= 15 is 0 Å². The zero-order valence-electron chi connectivity index (χ0n) is 12.9. The van der Waals surface area contributed by atoms with Crippen LogP contribution in [0.15, 0.2) is 36.4 Å². The Kier molecular flexibility index (Phi) is 4.42. The molecule has 3 rings (SSSR count). The number of hydrogen-bond acceptors (Lipinski definition) is 7. The van der Waals surface area contributed by atoms with Crippen molar-refractivity contribution in [3.63, 3.8) is 0 Å². The highest BCUT2D eigenvalue weighted by Crippen LogP contribution is 2.27. The van der Waals surface area contributed by atoms with Gasteiger partial charge in [0.05, 0.1) is 11.0 Å². The van der Waals surface area contributed by atoms with Crippen molar-refractivity contribution in [2.75, 3.05) is 11.9 Å². The minimum absolute atomic E-state index is 0.0696. The van der Waals surface area contributed by atoms with E-state index in [1.165, 1.54) is 36.4 Å². The van der Waals surface area contributed by atoms with Crippen LogP contribution in [-0.2, 0) is 6.18 Å². The molecule has 0 amide bonds. The van der Waals surface area contributed by atoms with Gasteiger partial charge >= 0.3 is 6.18 Å². The Morgan fingerprint density at radius 2 is 1.88 bits per heavy atom. The average molecular weight is 368 g/mol. The summed E-state index contributed by atoms with van der Waals surface area (Å²) in [5.41, 5.74) is 0.219. The molecule has 2 N–H and O–H groups in total. The normalized spacial score (nSPS) is 12.9. The zero-order valence-corrected chi connectivity index (χ0v) is 12.9. The topological polar surface area (TPSA) is 118 Å². The van der Waals surface area contributed by atoms with Crippen LogP contribution >= 0.6 is 0 Å². The molecular formula is C14H11F3N6O3. The van der Waals surface area contributed by atoms with E-state index < -0.39 is 23.0 Å². The lowest BCUT2D eigenvalue weighted by molar-refractivity contribution is -0.384. The largest absolute Gasteiger partial charge is 0.453 e. The number of anilines is 1. The van der Waals surface area contributed by atoms with Gasteiger partial charge in [-0.2, -0.15) is 17.7 Å². The summed E-state index contributed by atoms with van der Waals surface area (Å²) in [5.74, 6) is -1.18. The molecule has 9 nitrogen and oxygen atoms in total. The quantitative estimate of drug-likeness (QED) is 0.523. The van der Waals surface area contributed by atoms with Crippen LogP contribution in [0.2, 0.25) is 0 Å². The molecule has 12 heteroatoms. The molecule has 3 aromatic rings. The second-order valence-electron chi connectivity index (χ2n) is 5.26. The van der Waals surface area contributed by atoms with Crippen LogP contribution in [-0.4, -0.2) is 36.4 Å². The van der Waals surface area contributed by atoms with E-state index in [9.17, 15) is 28.4 Å². The third-order valence-corrected chi connectivity index (χ3v) is 3.48. The lowest BCUT2D eigenvalue weighted by Crippen LogP contribution is -2.16. The van der Waals surface area contributed by atoms with E-state index in [-0.39, 0.29) is 23.7 Å². The first-order valence-electron chi connectivity index (χ1n) is 7.21. The van der Waals surface area contributed by atoms with Gasteiger partial charge in [0.2, 0.25) is 0 Å². The number of nitrogens with zero attached hydrogens (tertiary/aromatic N) is 5. The molecule has 0 bridgehead atoms. The maximum Gasteiger partial charge on any atom is 0.453 e. The van der Waals surface area contributed by atoms with Gasteiger partial charge in [0.15, 0.2) is 5.65 Å². The predicted octanol–water partition coefficient (Wildman–Crippen LogP) is 2.20. The number of benzene rings is 1. The van der Waals surface area contributed by atoms with E-state index in [2.05, 4.69) is 20.6 Å². The Hall–Kier alpha value is -3.28. The Morgan fingerprint density at radius 1 is 1.19 bits per heavy atom. The van der Waals surface area contributed by atoms with Gasteiger partial charge in [0.1, 0.15) is 5.82 Å². The molecule has 0 fully saturated rings. The fourth-order valence-corrected chi connectivity index (χ4v) is 2.20. The van der Waals surface area contributed by atoms with Gasteiger partial charge in [-0.15, -0.1) is 15.3 Å². The zero-order chi connectivity index (χ0) is 18.9. The molecular weight excluding hydrogens is 357 g/mol. The first kappa shape index (κ1) is 17.5. The molecule has 136 valence electrons. The van der Waals surface area contributed by atoms with Crippen molar-refractivity contribution in [2.24, 2.45) is 0 Å². The highest BCUT2D eigenvalue weighted by atomic mass is 19.4. The number of non-ortho nitro benzene ring substituents is 1. The summed E-state index contributed by atoms with van der Waals surface area (Å²) < 4.78 is 39.1. The summed E-state index contributed by atoms with van der Waals surface area (Å²) in [6.45, 7) is -0.0696. The number of aliphatic hydroxyl groups is 1. The van der Waals surface area contributed by atoms with Gasteiger partial charge < -0.3 is 10.4 Å². The smallest absolute Gasteiger partial charge is 0.387 e. The third-order valence-electron chi connectivity index (χ3n) is 3.48. The Morgan fingerprint density at radius 3 is 2.50 bits per heavy atom. The molecule has 0 saturated heterocycles. The number of nitro benzene ring substituents is 1. The lowest BCUT2D eigenvalue weighted by atomic mass is 10.1. The molecule has 0 aliphatic heterocycles. The van der Waals surface area contributed by atoms with Crippen molar-refractivity contribution in [3.05, 3.63) is 57.9 Å². The molecule has 2 heterocycles. The van der Waals surface area contributed by atoms with Crippen LogP contribution in [0.25, 0.3) is 5.65 Å². The van der Waals surface area contributed by atoms with E-state index in [0.29, 0.717) is 10.1 Å². The van der Waals surface area contributed by atoms with Crippen LogP contribution in [0.4, 0.5) is 24.7 Å². The standard InChI is InChI=1S/C14H11F3N6O3/c15-14(16,17)13-20-19-12-6-5-11(21-22(12)13)18-7-10(24)8-1-3-9(4-2-8)23(25)26/h1-6,10,24H,7H2,(H,18,21). The fraction of sp³-hybridized carbons (Fsp3) is 0.214. The van der Waals surface area contributed by atoms with Gasteiger partial charge in [-0.05, 0) is 29.8 Å². The number of hydrogen-bond donors (Lipinski definition) is 2. The van der Waals surface area contributed by atoms with Gasteiger partial charge in [0, 0.05) is 18.7 Å². The maximum absolute atomic E-state index is 12.8. The highest BCUT2D eigenvalue weighted by molar-refractivity contribution is 5.44. The van der Waals surface area contributed by atoms with Crippen molar-refractivity contribution in [3.8, 4) is 0 Å². The molecule has 0 aliphatic carbocycles. The Labute approximate surface area is 143 Å². The summed E-state index contributed by atoms with van der Waals surface area (Å²) in [4.78, 5) is 10.0. The predicted molar refractivity (Wildman–Crippen MR) is 82.3 cm³/mol. The summed E-state index contributed by atoms with van der Waals surface area (Å²) >= 11 is 0. The van der Waals surface area contributed by atoms with Crippen molar-refractivity contribution in [1.82, 2.24) is 19.8 Å². The van der Waals surface area contributed by atoms with Crippen LogP contribution in [0.5, 0.6) is 0 Å². The number of alkyl halides is 3. The van der Waals surface area contributed by atoms with E-state index in [4.69, 9.17) is 0 Å². The Bertz CT molecular complexity index is 941. The number of halogens is 3. The molecule has 2 aromatic heterocycles. The number of nitrogens with one attached hydrogen (secondary N) is 1. The van der Waals surface area contributed by atoms with E-state index in [1.54, 1.807) is 0 Å². The number of nitro groups is 1. The first-order chi connectivity index (χ1) is 12.3. The van der Waals surface area contributed by atoms with Crippen LogP contribution < -0.4 is 5.32 Å². The molecule has 1 atom stereocenters. The first-order valence-corrected chi connectivity index (χ1v) is 7.21. The van der Waals surface area contributed by atoms with Gasteiger partial charge in [-0.25, -0.2) is 0 Å². The van der Waals surface area contributed by atoms with Crippen molar-refractivity contribution in [2.45, 2.75) is 12.3 Å². The molecule has 0 aliphatic rings. The SMILES string of the molecule is O=[N+]([O-])c1ccc(C(O)CNc2ccc3nnc(C(F)(F)F)n3n2)cc1. The maximum atomic E-state index is 12.8. The van der Waals surface area contributed by atoms with Crippen LogP contribution in [0.3, 0.4) is 0 Å². The summed E-state index contributed by atoms with van der Waals surface area (Å²) in [6.07, 6.45) is -5.75. The minimum atomic E-state index is -4.71. The van der Waals surface area contributed by atoms with Crippen molar-refractivity contribution in [1.29, 1.82) is 0 Å². The van der Waals surface area contributed by atoms with Crippen LogP contribution in [0, 0.1) is 10.1 Å². The van der Waals surface area contributed by atoms with Gasteiger partial charge in [-0.3, -0.25) is 10.1 Å². The summed E-state index contributed by atoms with van der Waals surface area (Å²) in [6, 6.07) is 7.97. The summed E-state index contributed by atoms with van der Waals surface area (Å²) in [7, 11) is 0. The monoisotopic (exact) mass is 368 g/mol. The molecule has 0 radical (unpaired) electrons. The van der Waals surface area contributed by atoms with E-state index in [0.717, 1.165) is 0 Å². The van der Waals surface area contributed by atoms with Crippen LogP contribution in [0.1, 0.15) is 17.5 Å². The molecule has 26 heavy (non-hydrogen) atoms. The average Bonchev–Trinajstić information content (AvgIpc) is 3.03. The third kappa shape index (κ3) is 3.54. The molecule has 0 spiro atoms. The Balaban J connectivity index is 1.73. The van der Waals surface area contributed by atoms with Gasteiger partial charge in [0.25, 0.3) is 11.5 Å². The van der Waals surface area contributed by atoms with Crippen molar-refractivity contribution < 1.29 is 23.2 Å². The van der Waals surface area contributed by atoms with E-state index in [1.807, 2.05) is 0 Å². The second-order valence-corrected chi connectivity index (χ2v) is 5.26. The van der Waals surface area contributed by atoms with Gasteiger partial charge in [-0.1, -0.05) is 0 Å². The van der Waals surface area contributed by atoms with Crippen molar-refractivity contribution >= 4 is 17.2 Å². The number of aliphatic hydroxyl groups excluding tert-OH is 1. The fourth-order valence-electron chi connectivity index (χ4n) is 2.20. The second kappa shape index (κ2) is 6.55. The lowest BCUT2D eigenvalue weighted by Gasteiger charge is -2.13. The molecule has 1 aromatic carbocycles. The minimum Gasteiger partial charge on any atom is -0.387 e. The number of aromatic nitrogens is 4. The molecule has 1 unspecified atom stereocenters. The molecule has 0 saturated carbocycles.